The summed E-state index contributed by atoms with van der Waals surface area (Å²) < 4.78 is 4.93. The summed E-state index contributed by atoms with van der Waals surface area (Å²) in [6.45, 7) is 5.01. The molecule has 0 bridgehead atoms. The van der Waals surface area contributed by atoms with Gasteiger partial charge in [0.1, 0.15) is 0 Å². The molecular formula is C14H21N3O2S. The molecule has 1 saturated heterocycles. The number of nitrogens with zero attached hydrogens (tertiary/aromatic N) is 2. The minimum Gasteiger partial charge on any atom is -0.383 e. The number of carbonyl (C=O) groups is 1. The number of ether oxygens (including phenoxy) is 1. The number of nitrogens with one attached hydrogen (secondary N) is 1. The van der Waals surface area contributed by atoms with E-state index in [1.807, 2.05) is 16.2 Å². The number of thiophene rings is 1. The Labute approximate surface area is 123 Å². The number of methoxy groups -OCH3 is 1. The van der Waals surface area contributed by atoms with E-state index in [1.165, 1.54) is 10.4 Å². The highest BCUT2D eigenvalue weighted by Crippen LogP contribution is 2.27. The highest BCUT2D eigenvalue weighted by molar-refractivity contribution is 7.10. The Morgan fingerprint density at radius 2 is 2.40 bits per heavy atom. The Morgan fingerprint density at radius 1 is 1.55 bits per heavy atom. The predicted octanol–water partition coefficient (Wildman–Crippen LogP) is 1.15. The SMILES string of the molecule is COCCNC(=O)N1CC(N2CCc3sccc3C2)C1. The van der Waals surface area contributed by atoms with Crippen molar-refractivity contribution in [3.63, 3.8) is 0 Å². The van der Waals surface area contributed by atoms with Crippen molar-refractivity contribution < 1.29 is 9.53 Å². The molecule has 2 aliphatic rings. The van der Waals surface area contributed by atoms with E-state index in [-0.39, 0.29) is 6.03 Å². The molecule has 0 spiro atoms. The monoisotopic (exact) mass is 295 g/mol. The quantitative estimate of drug-likeness (QED) is 0.848. The summed E-state index contributed by atoms with van der Waals surface area (Å²) in [5.74, 6) is 0. The number of fused-ring (bicyclic) bond motifs is 1. The van der Waals surface area contributed by atoms with Gasteiger partial charge in [-0.2, -0.15) is 0 Å². The van der Waals surface area contributed by atoms with Crippen LogP contribution in [0.4, 0.5) is 4.79 Å². The summed E-state index contributed by atoms with van der Waals surface area (Å²) in [7, 11) is 1.64. The van der Waals surface area contributed by atoms with Gasteiger partial charge in [0, 0.05) is 50.8 Å². The Kier molecular flexibility index (Phi) is 4.24. The number of hydrogen-bond acceptors (Lipinski definition) is 4. The minimum atomic E-state index is 0.0338. The van der Waals surface area contributed by atoms with Gasteiger partial charge < -0.3 is 15.0 Å². The molecule has 3 rings (SSSR count). The summed E-state index contributed by atoms with van der Waals surface area (Å²) in [6.07, 6.45) is 1.16. The Bertz CT molecular complexity index is 471. The highest BCUT2D eigenvalue weighted by Gasteiger charge is 2.35. The van der Waals surface area contributed by atoms with Gasteiger partial charge in [-0.15, -0.1) is 11.3 Å². The van der Waals surface area contributed by atoms with Gasteiger partial charge in [0.25, 0.3) is 0 Å². The maximum absolute atomic E-state index is 11.8. The van der Waals surface area contributed by atoms with Crippen molar-refractivity contribution in [3.05, 3.63) is 21.9 Å². The number of amides is 2. The molecule has 0 unspecified atom stereocenters. The topological polar surface area (TPSA) is 44.8 Å². The summed E-state index contributed by atoms with van der Waals surface area (Å²) in [5, 5.41) is 5.05. The lowest BCUT2D eigenvalue weighted by Gasteiger charge is -2.46. The fraction of sp³-hybridized carbons (Fsp3) is 0.643. The van der Waals surface area contributed by atoms with Crippen LogP contribution in [0.3, 0.4) is 0 Å². The number of hydrogen-bond donors (Lipinski definition) is 1. The van der Waals surface area contributed by atoms with Crippen molar-refractivity contribution in [2.75, 3.05) is 39.9 Å². The summed E-state index contributed by atoms with van der Waals surface area (Å²) in [6, 6.07) is 2.79. The second-order valence-electron chi connectivity index (χ2n) is 5.37. The average molecular weight is 295 g/mol. The maximum atomic E-state index is 11.8. The van der Waals surface area contributed by atoms with E-state index in [9.17, 15) is 4.79 Å². The van der Waals surface area contributed by atoms with Gasteiger partial charge in [0.2, 0.25) is 0 Å². The number of rotatable bonds is 4. The predicted molar refractivity (Wildman–Crippen MR) is 79.1 cm³/mol. The largest absolute Gasteiger partial charge is 0.383 e. The number of likely N-dealkylation sites (tertiary alicyclic amines) is 1. The third kappa shape index (κ3) is 2.82. The summed E-state index contributed by atoms with van der Waals surface area (Å²) >= 11 is 1.87. The lowest BCUT2D eigenvalue weighted by Crippen LogP contribution is -2.63. The van der Waals surface area contributed by atoms with E-state index in [4.69, 9.17) is 4.74 Å². The zero-order valence-corrected chi connectivity index (χ0v) is 12.6. The molecule has 110 valence electrons. The first-order valence-electron chi connectivity index (χ1n) is 7.09. The van der Waals surface area contributed by atoms with Gasteiger partial charge >= 0.3 is 6.03 Å². The van der Waals surface area contributed by atoms with Crippen LogP contribution in [0.5, 0.6) is 0 Å². The maximum Gasteiger partial charge on any atom is 0.317 e. The zero-order chi connectivity index (χ0) is 13.9. The normalized spacial score (nSPS) is 19.6. The van der Waals surface area contributed by atoms with E-state index >= 15 is 0 Å². The van der Waals surface area contributed by atoms with Crippen LogP contribution in [0.25, 0.3) is 0 Å². The molecule has 0 aliphatic carbocycles. The molecule has 2 amide bonds. The van der Waals surface area contributed by atoms with Crippen molar-refractivity contribution >= 4 is 17.4 Å². The summed E-state index contributed by atoms with van der Waals surface area (Å²) in [4.78, 5) is 17.8. The summed E-state index contributed by atoms with van der Waals surface area (Å²) in [5.41, 5.74) is 1.48. The molecule has 0 aromatic carbocycles. The first kappa shape index (κ1) is 13.9. The Morgan fingerprint density at radius 3 is 3.20 bits per heavy atom. The fourth-order valence-corrected chi connectivity index (χ4v) is 3.70. The average Bonchev–Trinajstić information content (AvgIpc) is 2.85. The lowest BCUT2D eigenvalue weighted by atomic mass is 10.0. The molecule has 2 aliphatic heterocycles. The number of urea groups is 1. The second kappa shape index (κ2) is 6.11. The molecule has 0 saturated carbocycles. The Balaban J connectivity index is 1.43. The van der Waals surface area contributed by atoms with Crippen molar-refractivity contribution in [2.24, 2.45) is 0 Å². The van der Waals surface area contributed by atoms with Gasteiger partial charge in [0.05, 0.1) is 6.61 Å². The zero-order valence-electron chi connectivity index (χ0n) is 11.8. The van der Waals surface area contributed by atoms with Crippen LogP contribution in [0.2, 0.25) is 0 Å². The Hall–Kier alpha value is -1.11. The lowest BCUT2D eigenvalue weighted by molar-refractivity contribution is 0.0482. The molecule has 1 aromatic rings. The second-order valence-corrected chi connectivity index (χ2v) is 6.37. The molecule has 3 heterocycles. The van der Waals surface area contributed by atoms with Gasteiger partial charge in [-0.05, 0) is 23.4 Å². The van der Waals surface area contributed by atoms with Crippen LogP contribution < -0.4 is 5.32 Å². The first-order valence-corrected chi connectivity index (χ1v) is 7.97. The molecule has 0 radical (unpaired) electrons. The van der Waals surface area contributed by atoms with Crippen molar-refractivity contribution in [1.82, 2.24) is 15.1 Å². The van der Waals surface area contributed by atoms with E-state index in [0.717, 1.165) is 32.6 Å². The van der Waals surface area contributed by atoms with E-state index in [1.54, 1.807) is 7.11 Å². The molecule has 0 atom stereocenters. The van der Waals surface area contributed by atoms with Crippen LogP contribution in [0, 0.1) is 0 Å². The van der Waals surface area contributed by atoms with E-state index in [2.05, 4.69) is 21.7 Å². The van der Waals surface area contributed by atoms with Gasteiger partial charge in [0.15, 0.2) is 0 Å². The van der Waals surface area contributed by atoms with Crippen LogP contribution in [0.1, 0.15) is 10.4 Å². The van der Waals surface area contributed by atoms with Crippen molar-refractivity contribution in [2.45, 2.75) is 19.0 Å². The molecule has 1 fully saturated rings. The molecule has 1 aromatic heterocycles. The molecule has 5 nitrogen and oxygen atoms in total. The van der Waals surface area contributed by atoms with Crippen LogP contribution in [-0.4, -0.2) is 61.8 Å². The standard InChI is InChI=1S/C14H21N3O2S/c1-19-6-4-15-14(18)17-9-12(10-17)16-5-2-13-11(8-16)3-7-20-13/h3,7,12H,2,4-6,8-10H2,1H3,(H,15,18). The molecular weight excluding hydrogens is 274 g/mol. The molecule has 6 heteroatoms. The smallest absolute Gasteiger partial charge is 0.317 e. The van der Waals surface area contributed by atoms with Gasteiger partial charge in [-0.3, -0.25) is 4.90 Å². The fourth-order valence-electron chi connectivity index (χ4n) is 2.81. The van der Waals surface area contributed by atoms with Gasteiger partial charge in [-0.25, -0.2) is 4.79 Å². The van der Waals surface area contributed by atoms with Crippen molar-refractivity contribution in [3.8, 4) is 0 Å². The van der Waals surface area contributed by atoms with Crippen LogP contribution in [-0.2, 0) is 17.7 Å². The molecule has 1 N–H and O–H groups in total. The first-order chi connectivity index (χ1) is 9.78. The molecule has 20 heavy (non-hydrogen) atoms. The third-order valence-electron chi connectivity index (χ3n) is 4.09. The van der Waals surface area contributed by atoms with E-state index in [0.29, 0.717) is 19.2 Å². The van der Waals surface area contributed by atoms with Crippen molar-refractivity contribution in [1.29, 1.82) is 0 Å². The van der Waals surface area contributed by atoms with Gasteiger partial charge in [-0.1, -0.05) is 0 Å². The minimum absolute atomic E-state index is 0.0338. The van der Waals surface area contributed by atoms with Crippen LogP contribution >= 0.6 is 11.3 Å². The highest BCUT2D eigenvalue weighted by atomic mass is 32.1. The number of carbonyl (C=O) groups excluding carboxylic acids is 1. The third-order valence-corrected chi connectivity index (χ3v) is 5.11. The van der Waals surface area contributed by atoms with Crippen LogP contribution in [0.15, 0.2) is 11.4 Å². The van der Waals surface area contributed by atoms with E-state index < -0.39 is 0 Å².